The zero-order valence-electron chi connectivity index (χ0n) is 11.3. The lowest BCUT2D eigenvalue weighted by molar-refractivity contribution is 0.0943. The van der Waals surface area contributed by atoms with E-state index in [4.69, 9.17) is 0 Å². The molecule has 19 heavy (non-hydrogen) atoms. The number of hydrogen-bond donors (Lipinski definition) is 1. The molecule has 5 nitrogen and oxygen atoms in total. The Balaban J connectivity index is 2.52. The molecule has 0 fully saturated rings. The Morgan fingerprint density at radius 1 is 1.32 bits per heavy atom. The Hall–Kier alpha value is -2.17. The van der Waals surface area contributed by atoms with Crippen molar-refractivity contribution in [2.75, 3.05) is 6.54 Å². The highest BCUT2D eigenvalue weighted by molar-refractivity contribution is 6.04. The molecule has 1 aromatic heterocycles. The number of amides is 1. The lowest BCUT2D eigenvalue weighted by atomic mass is 10.1. The van der Waals surface area contributed by atoms with Gasteiger partial charge in [0.05, 0.1) is 5.39 Å². The second-order valence-electron chi connectivity index (χ2n) is 4.93. The van der Waals surface area contributed by atoms with E-state index < -0.39 is 0 Å². The van der Waals surface area contributed by atoms with Crippen molar-refractivity contribution in [3.63, 3.8) is 0 Å². The number of carbonyl (C=O) groups excluding carboxylic acids is 1. The molecule has 0 unspecified atom stereocenters. The number of fused-ring (bicyclic) bond motifs is 1. The van der Waals surface area contributed by atoms with Gasteiger partial charge < -0.3 is 5.32 Å². The van der Waals surface area contributed by atoms with E-state index in [1.807, 2.05) is 13.8 Å². The molecule has 1 aromatic carbocycles. The molecule has 2 aromatic rings. The summed E-state index contributed by atoms with van der Waals surface area (Å²) >= 11 is 0. The summed E-state index contributed by atoms with van der Waals surface area (Å²) < 4.78 is 1.20. The van der Waals surface area contributed by atoms with Gasteiger partial charge in [-0.2, -0.15) is 5.10 Å². The zero-order valence-corrected chi connectivity index (χ0v) is 11.3. The summed E-state index contributed by atoms with van der Waals surface area (Å²) in [4.78, 5) is 24.1. The van der Waals surface area contributed by atoms with Crippen molar-refractivity contribution in [3.05, 3.63) is 40.3 Å². The number of benzene rings is 1. The predicted octanol–water partition coefficient (Wildman–Crippen LogP) is 1.32. The molecule has 1 heterocycles. The third-order valence-corrected chi connectivity index (χ3v) is 2.84. The molecule has 100 valence electrons. The molecule has 0 saturated carbocycles. The molecule has 2 rings (SSSR count). The first-order valence-corrected chi connectivity index (χ1v) is 6.25. The van der Waals surface area contributed by atoms with Crippen LogP contribution >= 0.6 is 0 Å². The second-order valence-corrected chi connectivity index (χ2v) is 4.93. The standard InChI is InChI=1S/C14H17N3O2/c1-9(2)8-15-13(18)12-10-6-4-5-7-11(10)14(19)17(3)16-12/h4-7,9H,8H2,1-3H3,(H,15,18). The molecular weight excluding hydrogens is 242 g/mol. The topological polar surface area (TPSA) is 64.0 Å². The quantitative estimate of drug-likeness (QED) is 0.904. The molecule has 0 saturated heterocycles. The van der Waals surface area contributed by atoms with E-state index in [9.17, 15) is 9.59 Å². The summed E-state index contributed by atoms with van der Waals surface area (Å²) in [5, 5.41) is 7.99. The highest BCUT2D eigenvalue weighted by Gasteiger charge is 2.15. The summed E-state index contributed by atoms with van der Waals surface area (Å²) in [7, 11) is 1.55. The van der Waals surface area contributed by atoms with Crippen molar-refractivity contribution >= 4 is 16.7 Å². The molecule has 0 radical (unpaired) electrons. The largest absolute Gasteiger partial charge is 0.350 e. The van der Waals surface area contributed by atoms with Gasteiger partial charge in [-0.3, -0.25) is 9.59 Å². The third kappa shape index (κ3) is 2.65. The van der Waals surface area contributed by atoms with Crippen LogP contribution in [0.3, 0.4) is 0 Å². The highest BCUT2D eigenvalue weighted by Crippen LogP contribution is 2.12. The molecule has 0 aliphatic heterocycles. The fourth-order valence-electron chi connectivity index (χ4n) is 1.85. The molecule has 0 aliphatic rings. The first kappa shape index (κ1) is 13.3. The van der Waals surface area contributed by atoms with Crippen LogP contribution < -0.4 is 10.9 Å². The summed E-state index contributed by atoms with van der Waals surface area (Å²) in [5.74, 6) is 0.114. The van der Waals surface area contributed by atoms with Gasteiger partial charge >= 0.3 is 0 Å². The molecule has 0 spiro atoms. The number of rotatable bonds is 3. The second kappa shape index (κ2) is 5.22. The predicted molar refractivity (Wildman–Crippen MR) is 74.2 cm³/mol. The summed E-state index contributed by atoms with van der Waals surface area (Å²) in [5.41, 5.74) is 0.0920. The SMILES string of the molecule is CC(C)CNC(=O)c1nn(C)c(=O)c2ccccc12. The van der Waals surface area contributed by atoms with Crippen LogP contribution in [0.25, 0.3) is 10.8 Å². The number of nitrogens with one attached hydrogen (secondary N) is 1. The van der Waals surface area contributed by atoms with Gasteiger partial charge in [-0.05, 0) is 12.0 Å². The van der Waals surface area contributed by atoms with Gasteiger partial charge in [0.15, 0.2) is 5.69 Å². The minimum atomic E-state index is -0.250. The van der Waals surface area contributed by atoms with Gasteiger partial charge in [0.1, 0.15) is 0 Å². The van der Waals surface area contributed by atoms with Crippen LogP contribution in [0, 0.1) is 5.92 Å². The van der Waals surface area contributed by atoms with Crippen LogP contribution in [0.15, 0.2) is 29.1 Å². The number of carbonyl (C=O) groups is 1. The Morgan fingerprint density at radius 2 is 1.95 bits per heavy atom. The van der Waals surface area contributed by atoms with Gasteiger partial charge in [0.25, 0.3) is 11.5 Å². The zero-order chi connectivity index (χ0) is 14.0. The maximum atomic E-state index is 12.1. The number of aryl methyl sites for hydroxylation is 1. The lowest BCUT2D eigenvalue weighted by Crippen LogP contribution is -2.31. The van der Waals surface area contributed by atoms with Gasteiger partial charge in [-0.1, -0.05) is 32.0 Å². The van der Waals surface area contributed by atoms with Crippen molar-refractivity contribution in [2.24, 2.45) is 13.0 Å². The van der Waals surface area contributed by atoms with E-state index in [1.54, 1.807) is 31.3 Å². The van der Waals surface area contributed by atoms with Gasteiger partial charge in [0, 0.05) is 19.0 Å². The Morgan fingerprint density at radius 3 is 2.58 bits per heavy atom. The van der Waals surface area contributed by atoms with Crippen molar-refractivity contribution in [1.82, 2.24) is 15.1 Å². The van der Waals surface area contributed by atoms with Gasteiger partial charge in [-0.25, -0.2) is 4.68 Å². The fourth-order valence-corrected chi connectivity index (χ4v) is 1.85. The lowest BCUT2D eigenvalue weighted by Gasteiger charge is -2.10. The number of nitrogens with zero attached hydrogens (tertiary/aromatic N) is 2. The smallest absolute Gasteiger partial charge is 0.274 e. The van der Waals surface area contributed by atoms with Crippen LogP contribution in [0.1, 0.15) is 24.3 Å². The van der Waals surface area contributed by atoms with E-state index >= 15 is 0 Å². The first-order chi connectivity index (χ1) is 9.00. The first-order valence-electron chi connectivity index (χ1n) is 6.25. The monoisotopic (exact) mass is 259 g/mol. The van der Waals surface area contributed by atoms with E-state index in [0.717, 1.165) is 0 Å². The van der Waals surface area contributed by atoms with Crippen LogP contribution in [0.2, 0.25) is 0 Å². The molecule has 0 bridgehead atoms. The van der Waals surface area contributed by atoms with Gasteiger partial charge in [0.2, 0.25) is 0 Å². The molecule has 5 heteroatoms. The normalized spacial score (nSPS) is 10.9. The summed E-state index contributed by atoms with van der Waals surface area (Å²) in [6.07, 6.45) is 0. The molecule has 0 atom stereocenters. The Bertz CT molecular complexity index is 674. The molecule has 1 amide bonds. The van der Waals surface area contributed by atoms with E-state index in [2.05, 4.69) is 10.4 Å². The maximum absolute atomic E-state index is 12.1. The minimum Gasteiger partial charge on any atom is -0.350 e. The molecular formula is C14H17N3O2. The summed E-state index contributed by atoms with van der Waals surface area (Å²) in [6.45, 7) is 4.62. The summed E-state index contributed by atoms with van der Waals surface area (Å²) in [6, 6.07) is 7.02. The average Bonchev–Trinajstić information content (AvgIpc) is 2.40. The Labute approximate surface area is 111 Å². The van der Waals surface area contributed by atoms with Crippen molar-refractivity contribution in [2.45, 2.75) is 13.8 Å². The number of hydrogen-bond acceptors (Lipinski definition) is 3. The van der Waals surface area contributed by atoms with Crippen LogP contribution in [0.5, 0.6) is 0 Å². The third-order valence-electron chi connectivity index (χ3n) is 2.84. The molecule has 0 aliphatic carbocycles. The van der Waals surface area contributed by atoms with Gasteiger partial charge in [-0.15, -0.1) is 0 Å². The van der Waals surface area contributed by atoms with Crippen LogP contribution in [-0.2, 0) is 7.05 Å². The van der Waals surface area contributed by atoms with E-state index in [0.29, 0.717) is 28.9 Å². The van der Waals surface area contributed by atoms with E-state index in [-0.39, 0.29) is 11.5 Å². The van der Waals surface area contributed by atoms with E-state index in [1.165, 1.54) is 4.68 Å². The maximum Gasteiger partial charge on any atom is 0.274 e. The van der Waals surface area contributed by atoms with Crippen molar-refractivity contribution < 1.29 is 4.79 Å². The van der Waals surface area contributed by atoms with Crippen LogP contribution in [0.4, 0.5) is 0 Å². The van der Waals surface area contributed by atoms with Crippen molar-refractivity contribution in [1.29, 1.82) is 0 Å². The highest BCUT2D eigenvalue weighted by atomic mass is 16.2. The average molecular weight is 259 g/mol. The fraction of sp³-hybridized carbons (Fsp3) is 0.357. The molecule has 1 N–H and O–H groups in total. The van der Waals surface area contributed by atoms with Crippen LogP contribution in [-0.4, -0.2) is 22.2 Å². The number of aromatic nitrogens is 2. The minimum absolute atomic E-state index is 0.198. The Kier molecular flexibility index (Phi) is 3.64. The van der Waals surface area contributed by atoms with Crippen molar-refractivity contribution in [3.8, 4) is 0 Å².